The number of hydrogen-bond acceptors (Lipinski definition) is 6. The van der Waals surface area contributed by atoms with Crippen LogP contribution < -0.4 is 0 Å². The van der Waals surface area contributed by atoms with Gasteiger partial charge in [0.25, 0.3) is 0 Å². The normalized spacial score (nSPS) is 21.2. The van der Waals surface area contributed by atoms with Crippen molar-refractivity contribution in [2.24, 2.45) is 0 Å². The molecule has 0 amide bonds. The van der Waals surface area contributed by atoms with Gasteiger partial charge in [-0.3, -0.25) is 0 Å². The molecule has 13 heteroatoms. The van der Waals surface area contributed by atoms with Crippen molar-refractivity contribution >= 4 is 34.7 Å². The Balaban J connectivity index is 4.60. The summed E-state index contributed by atoms with van der Waals surface area (Å²) in [5, 5.41) is 0. The number of thiol groups is 1. The molecule has 86 valence electrons. The molecule has 0 aromatic rings. The molecular weight excluding hydrogens is 281 g/mol. The van der Waals surface area contributed by atoms with Crippen LogP contribution in [0.25, 0.3) is 0 Å². The van der Waals surface area contributed by atoms with Gasteiger partial charge in [-0.05, 0) is 0 Å². The van der Waals surface area contributed by atoms with Crippen LogP contribution >= 0.6 is 34.7 Å². The second kappa shape index (κ2) is 4.76. The Kier molecular flexibility index (Phi) is 5.03. The first-order valence-electron chi connectivity index (χ1n) is 2.67. The molecule has 0 fully saturated rings. The molecule has 9 nitrogen and oxygen atoms in total. The van der Waals surface area contributed by atoms with E-state index in [1.165, 1.54) is 0 Å². The minimum Gasteiger partial charge on any atom is -0.304 e. The first kappa shape index (κ1) is 14.8. The lowest BCUT2D eigenvalue weighted by atomic mass is 11.8. The molecule has 0 bridgehead atoms. The SMILES string of the molecule is COP(=O)(S)OP(=O)(O)OP(=O)(O)O. The second-order valence-electron chi connectivity index (χ2n) is 1.77. The lowest BCUT2D eigenvalue weighted by molar-refractivity contribution is 0.221. The van der Waals surface area contributed by atoms with Crippen molar-refractivity contribution < 1.29 is 41.5 Å². The van der Waals surface area contributed by atoms with Gasteiger partial charge in [-0.15, -0.1) is 0 Å². The molecule has 0 aliphatic rings. The highest BCUT2D eigenvalue weighted by Crippen LogP contribution is 2.69. The Morgan fingerprint density at radius 3 is 1.79 bits per heavy atom. The van der Waals surface area contributed by atoms with E-state index in [9.17, 15) is 13.7 Å². The Bertz CT molecular complexity index is 329. The molecule has 0 aliphatic carbocycles. The van der Waals surface area contributed by atoms with Gasteiger partial charge >= 0.3 is 22.4 Å². The topological polar surface area (TPSA) is 140 Å². The third-order valence-electron chi connectivity index (χ3n) is 0.647. The van der Waals surface area contributed by atoms with Crippen LogP contribution in [0.1, 0.15) is 0 Å². The Hall–Kier alpha value is 0.800. The van der Waals surface area contributed by atoms with Crippen LogP contribution in [0.5, 0.6) is 0 Å². The molecule has 0 aromatic heterocycles. The van der Waals surface area contributed by atoms with Crippen LogP contribution in [0.2, 0.25) is 0 Å². The van der Waals surface area contributed by atoms with Gasteiger partial charge in [0.2, 0.25) is 0 Å². The molecule has 0 heterocycles. The lowest BCUT2D eigenvalue weighted by Crippen LogP contribution is -1.91. The van der Waals surface area contributed by atoms with Crippen LogP contribution in [-0.4, -0.2) is 21.8 Å². The maximum Gasteiger partial charge on any atom is 0.488 e. The average Bonchev–Trinajstić information content (AvgIpc) is 1.78. The summed E-state index contributed by atoms with van der Waals surface area (Å²) in [7, 11) is -9.56. The van der Waals surface area contributed by atoms with E-state index in [2.05, 4.69) is 25.4 Å². The van der Waals surface area contributed by atoms with E-state index in [0.717, 1.165) is 7.11 Å². The molecule has 2 unspecified atom stereocenters. The van der Waals surface area contributed by atoms with Gasteiger partial charge in [0, 0.05) is 7.11 Å². The van der Waals surface area contributed by atoms with Gasteiger partial charge < -0.3 is 19.2 Å². The van der Waals surface area contributed by atoms with E-state index < -0.39 is 22.4 Å². The largest absolute Gasteiger partial charge is 0.488 e. The summed E-state index contributed by atoms with van der Waals surface area (Å²) in [5.41, 5.74) is 0. The predicted molar refractivity (Wildman–Crippen MR) is 47.6 cm³/mol. The van der Waals surface area contributed by atoms with Crippen molar-refractivity contribution in [3.8, 4) is 0 Å². The average molecular weight is 288 g/mol. The van der Waals surface area contributed by atoms with Gasteiger partial charge in [-0.2, -0.15) is 8.62 Å². The molecule has 2 atom stereocenters. The quantitative estimate of drug-likeness (QED) is 0.429. The minimum absolute atomic E-state index is 0.852. The van der Waals surface area contributed by atoms with Crippen LogP contribution in [0, 0.1) is 0 Å². The van der Waals surface area contributed by atoms with Gasteiger partial charge in [-0.1, -0.05) is 12.2 Å². The predicted octanol–water partition coefficient (Wildman–Crippen LogP) is 0.897. The molecule has 0 saturated heterocycles. The van der Waals surface area contributed by atoms with Gasteiger partial charge in [0.05, 0.1) is 0 Å². The minimum atomic E-state index is -5.23. The maximum atomic E-state index is 10.8. The molecule has 0 radical (unpaired) electrons. The molecule has 0 spiro atoms. The molecule has 3 N–H and O–H groups in total. The number of rotatable bonds is 5. The van der Waals surface area contributed by atoms with Crippen molar-refractivity contribution in [2.75, 3.05) is 7.11 Å². The van der Waals surface area contributed by atoms with Gasteiger partial charge in [0.1, 0.15) is 0 Å². The van der Waals surface area contributed by atoms with Crippen LogP contribution in [0.3, 0.4) is 0 Å². The maximum absolute atomic E-state index is 10.8. The van der Waals surface area contributed by atoms with Gasteiger partial charge in [-0.25, -0.2) is 13.7 Å². The van der Waals surface area contributed by atoms with Gasteiger partial charge in [0.15, 0.2) is 0 Å². The van der Waals surface area contributed by atoms with Crippen molar-refractivity contribution in [1.29, 1.82) is 0 Å². The number of phosphoric acid groups is 2. The first-order chi connectivity index (χ1) is 5.97. The highest BCUT2D eigenvalue weighted by atomic mass is 32.7. The van der Waals surface area contributed by atoms with E-state index in [4.69, 9.17) is 14.7 Å². The standard InChI is InChI=1S/CH7O9P3S/c1-8-13(7,14)10-12(5,6)9-11(2,3)4/h1H3,(H,5,6)(H,7,14)(H2,2,3,4). The van der Waals surface area contributed by atoms with E-state index >= 15 is 0 Å². The Labute approximate surface area is 83.9 Å². The Morgan fingerprint density at radius 1 is 1.07 bits per heavy atom. The van der Waals surface area contributed by atoms with Crippen LogP contribution in [0.4, 0.5) is 0 Å². The highest BCUT2D eigenvalue weighted by molar-refractivity contribution is 8.45. The lowest BCUT2D eigenvalue weighted by Gasteiger charge is -2.14. The fourth-order valence-electron chi connectivity index (χ4n) is 0.313. The summed E-state index contributed by atoms with van der Waals surface area (Å²) in [4.78, 5) is 24.9. The third-order valence-corrected chi connectivity index (χ3v) is 5.58. The van der Waals surface area contributed by atoms with Crippen molar-refractivity contribution in [3.63, 3.8) is 0 Å². The molecule has 14 heavy (non-hydrogen) atoms. The van der Waals surface area contributed by atoms with E-state index in [0.29, 0.717) is 0 Å². The molecule has 0 saturated carbocycles. The summed E-state index contributed by atoms with van der Waals surface area (Å²) in [6, 6.07) is 0. The summed E-state index contributed by atoms with van der Waals surface area (Å²) in [6.45, 7) is -4.17. The Morgan fingerprint density at radius 2 is 1.50 bits per heavy atom. The molecule has 0 aromatic carbocycles. The fraction of sp³-hybridized carbons (Fsp3) is 1.00. The summed E-state index contributed by atoms with van der Waals surface area (Å²) < 4.78 is 42.8. The van der Waals surface area contributed by atoms with Crippen LogP contribution in [-0.2, 0) is 26.8 Å². The summed E-state index contributed by atoms with van der Waals surface area (Å²) >= 11 is 3.18. The van der Waals surface area contributed by atoms with Crippen molar-refractivity contribution in [3.05, 3.63) is 0 Å². The smallest absolute Gasteiger partial charge is 0.304 e. The fourth-order valence-corrected chi connectivity index (χ4v) is 3.92. The third kappa shape index (κ3) is 7.14. The van der Waals surface area contributed by atoms with E-state index in [-0.39, 0.29) is 0 Å². The number of hydrogen-bond donors (Lipinski definition) is 4. The molecule has 0 aliphatic heterocycles. The zero-order valence-electron chi connectivity index (χ0n) is 6.58. The summed E-state index contributed by atoms with van der Waals surface area (Å²) in [5.74, 6) is 0. The van der Waals surface area contributed by atoms with Crippen molar-refractivity contribution in [1.82, 2.24) is 0 Å². The van der Waals surface area contributed by atoms with E-state index in [1.807, 2.05) is 0 Å². The zero-order valence-corrected chi connectivity index (χ0v) is 10.2. The van der Waals surface area contributed by atoms with E-state index in [1.54, 1.807) is 0 Å². The highest BCUT2D eigenvalue weighted by Gasteiger charge is 2.38. The molecular formula is CH7O9P3S. The van der Waals surface area contributed by atoms with Crippen molar-refractivity contribution in [2.45, 2.75) is 0 Å². The monoisotopic (exact) mass is 288 g/mol. The summed E-state index contributed by atoms with van der Waals surface area (Å²) in [6.07, 6.45) is 0. The van der Waals surface area contributed by atoms with Crippen LogP contribution in [0.15, 0.2) is 0 Å². The second-order valence-corrected chi connectivity index (χ2v) is 7.77. The first-order valence-corrected chi connectivity index (χ1v) is 8.39. The zero-order chi connectivity index (χ0) is 11.6. The molecule has 0 rings (SSSR count).